The molecule has 0 heterocycles. The van der Waals surface area contributed by atoms with Gasteiger partial charge in [0.1, 0.15) is 5.75 Å². The van der Waals surface area contributed by atoms with Crippen LogP contribution in [0.4, 0.5) is 0 Å². The average Bonchev–Trinajstić information content (AvgIpc) is 2.18. The maximum Gasteiger partial charge on any atom is 0.272 e. The Morgan fingerprint density at radius 3 is 2.75 bits per heavy atom. The van der Waals surface area contributed by atoms with Crippen LogP contribution in [0.15, 0.2) is 18.2 Å². The summed E-state index contributed by atoms with van der Waals surface area (Å²) in [5, 5.41) is 2.46. The fourth-order valence-electron chi connectivity index (χ4n) is 1.01. The van der Waals surface area contributed by atoms with Gasteiger partial charge in [0.2, 0.25) is 0 Å². The molecule has 0 bridgehead atoms. The highest BCUT2D eigenvalue weighted by molar-refractivity contribution is 6.34. The van der Waals surface area contributed by atoms with E-state index in [1.807, 2.05) is 0 Å². The molecular formula is C10H12Cl2N2O2. The van der Waals surface area contributed by atoms with Gasteiger partial charge in [-0.1, -0.05) is 23.2 Å². The number of ether oxygens (including phenoxy) is 1. The molecule has 1 amide bonds. The van der Waals surface area contributed by atoms with Crippen molar-refractivity contribution in [3.05, 3.63) is 28.2 Å². The number of hydrazine groups is 1. The van der Waals surface area contributed by atoms with Gasteiger partial charge in [-0.15, -0.1) is 0 Å². The van der Waals surface area contributed by atoms with E-state index in [-0.39, 0.29) is 12.5 Å². The number of benzene rings is 1. The molecule has 0 aromatic heterocycles. The second kappa shape index (κ2) is 5.94. The fourth-order valence-corrected chi connectivity index (χ4v) is 1.35. The summed E-state index contributed by atoms with van der Waals surface area (Å²) in [5.41, 5.74) is 2.54. The van der Waals surface area contributed by atoms with Crippen molar-refractivity contribution in [3.8, 4) is 5.75 Å². The predicted molar refractivity (Wildman–Crippen MR) is 63.8 cm³/mol. The Hall–Kier alpha value is -0.970. The van der Waals surface area contributed by atoms with Gasteiger partial charge in [0.15, 0.2) is 6.61 Å². The van der Waals surface area contributed by atoms with Crippen LogP contribution >= 0.6 is 23.2 Å². The van der Waals surface area contributed by atoms with Crippen LogP contribution in [0.5, 0.6) is 5.75 Å². The van der Waals surface area contributed by atoms with Gasteiger partial charge in [-0.25, -0.2) is 5.01 Å². The first kappa shape index (κ1) is 13.1. The summed E-state index contributed by atoms with van der Waals surface area (Å²) in [6, 6.07) is 4.83. The van der Waals surface area contributed by atoms with Crippen LogP contribution in [-0.2, 0) is 4.79 Å². The molecule has 0 aliphatic rings. The normalized spacial score (nSPS) is 10.3. The van der Waals surface area contributed by atoms with Crippen molar-refractivity contribution in [1.29, 1.82) is 0 Å². The Kier molecular flexibility index (Phi) is 4.86. The van der Waals surface area contributed by atoms with Crippen LogP contribution in [0, 0.1) is 0 Å². The van der Waals surface area contributed by atoms with Crippen LogP contribution in [0.3, 0.4) is 0 Å². The lowest BCUT2D eigenvalue weighted by molar-refractivity contribution is -0.126. The molecule has 0 saturated heterocycles. The molecule has 0 saturated carbocycles. The highest BCUT2D eigenvalue weighted by atomic mass is 35.5. The van der Waals surface area contributed by atoms with Gasteiger partial charge in [-0.05, 0) is 12.1 Å². The van der Waals surface area contributed by atoms with Gasteiger partial charge in [0, 0.05) is 25.2 Å². The predicted octanol–water partition coefficient (Wildman–Crippen LogP) is 1.96. The van der Waals surface area contributed by atoms with Crippen LogP contribution in [-0.4, -0.2) is 31.6 Å². The second-order valence-corrected chi connectivity index (χ2v) is 4.14. The number of carbonyl (C=O) groups excluding carboxylic acids is 1. The monoisotopic (exact) mass is 262 g/mol. The zero-order valence-electron chi connectivity index (χ0n) is 8.96. The molecule has 1 aromatic rings. The molecule has 1 N–H and O–H groups in total. The zero-order chi connectivity index (χ0) is 12.1. The van der Waals surface area contributed by atoms with E-state index >= 15 is 0 Å². The van der Waals surface area contributed by atoms with E-state index < -0.39 is 0 Å². The van der Waals surface area contributed by atoms with E-state index in [2.05, 4.69) is 5.43 Å². The summed E-state index contributed by atoms with van der Waals surface area (Å²) in [4.78, 5) is 11.3. The molecule has 1 aromatic carbocycles. The third kappa shape index (κ3) is 4.26. The van der Waals surface area contributed by atoms with Gasteiger partial charge in [-0.3, -0.25) is 10.2 Å². The summed E-state index contributed by atoms with van der Waals surface area (Å²) in [6.07, 6.45) is 0. The quantitative estimate of drug-likeness (QED) is 0.844. The number of hydrogen-bond acceptors (Lipinski definition) is 3. The Labute approximate surface area is 104 Å². The Balaban J connectivity index is 2.54. The summed E-state index contributed by atoms with van der Waals surface area (Å²) in [5.74, 6) is 0.129. The molecule has 0 aliphatic carbocycles. The van der Waals surface area contributed by atoms with Crippen LogP contribution in [0.2, 0.25) is 10.0 Å². The van der Waals surface area contributed by atoms with Crippen molar-refractivity contribution < 1.29 is 9.53 Å². The molecule has 0 aliphatic heterocycles. The Morgan fingerprint density at radius 2 is 2.12 bits per heavy atom. The summed E-state index contributed by atoms with van der Waals surface area (Å²) >= 11 is 11.6. The SMILES string of the molecule is CN(C)NC(=O)COc1cc(Cl)ccc1Cl. The van der Waals surface area contributed by atoms with Gasteiger partial charge < -0.3 is 4.74 Å². The van der Waals surface area contributed by atoms with Gasteiger partial charge in [0.25, 0.3) is 5.91 Å². The highest BCUT2D eigenvalue weighted by Gasteiger charge is 2.06. The number of amides is 1. The molecule has 0 spiro atoms. The molecule has 0 radical (unpaired) electrons. The summed E-state index contributed by atoms with van der Waals surface area (Å²) in [6.45, 7) is -0.113. The number of hydrogen-bond donors (Lipinski definition) is 1. The van der Waals surface area contributed by atoms with Crippen molar-refractivity contribution in [3.63, 3.8) is 0 Å². The molecular weight excluding hydrogens is 251 g/mol. The van der Waals surface area contributed by atoms with Crippen LogP contribution in [0.25, 0.3) is 0 Å². The molecule has 1 rings (SSSR count). The summed E-state index contributed by atoms with van der Waals surface area (Å²) < 4.78 is 5.23. The molecule has 0 fully saturated rings. The van der Waals surface area contributed by atoms with Crippen molar-refractivity contribution in [2.24, 2.45) is 0 Å². The Bertz CT molecular complexity index is 383. The van der Waals surface area contributed by atoms with Crippen molar-refractivity contribution >= 4 is 29.1 Å². The fraction of sp³-hybridized carbons (Fsp3) is 0.300. The average molecular weight is 263 g/mol. The third-order valence-electron chi connectivity index (χ3n) is 1.60. The number of halogens is 2. The lowest BCUT2D eigenvalue weighted by atomic mass is 10.3. The topological polar surface area (TPSA) is 41.6 Å². The summed E-state index contributed by atoms with van der Waals surface area (Å²) in [7, 11) is 3.43. The molecule has 88 valence electrons. The van der Waals surface area contributed by atoms with Crippen LogP contribution < -0.4 is 10.2 Å². The second-order valence-electron chi connectivity index (χ2n) is 3.29. The van der Waals surface area contributed by atoms with E-state index in [4.69, 9.17) is 27.9 Å². The van der Waals surface area contributed by atoms with E-state index in [0.717, 1.165) is 0 Å². The van der Waals surface area contributed by atoms with Crippen molar-refractivity contribution in [2.75, 3.05) is 20.7 Å². The standard InChI is InChI=1S/C10H12Cl2N2O2/c1-14(2)13-10(15)6-16-9-5-7(11)3-4-8(9)12/h3-5H,6H2,1-2H3,(H,13,15). The largest absolute Gasteiger partial charge is 0.482 e. The molecule has 16 heavy (non-hydrogen) atoms. The first-order valence-electron chi connectivity index (χ1n) is 4.53. The van der Waals surface area contributed by atoms with E-state index in [9.17, 15) is 4.79 Å². The van der Waals surface area contributed by atoms with Gasteiger partial charge >= 0.3 is 0 Å². The maximum absolute atomic E-state index is 11.3. The highest BCUT2D eigenvalue weighted by Crippen LogP contribution is 2.27. The van der Waals surface area contributed by atoms with Gasteiger partial charge in [-0.2, -0.15) is 0 Å². The third-order valence-corrected chi connectivity index (χ3v) is 2.15. The Morgan fingerprint density at radius 1 is 1.44 bits per heavy atom. The molecule has 0 unspecified atom stereocenters. The van der Waals surface area contributed by atoms with E-state index in [0.29, 0.717) is 15.8 Å². The van der Waals surface area contributed by atoms with Crippen LogP contribution in [0.1, 0.15) is 0 Å². The van der Waals surface area contributed by atoms with Gasteiger partial charge in [0.05, 0.1) is 5.02 Å². The number of rotatable bonds is 4. The number of nitrogens with zero attached hydrogens (tertiary/aromatic N) is 1. The van der Waals surface area contributed by atoms with Crippen molar-refractivity contribution in [2.45, 2.75) is 0 Å². The number of carbonyl (C=O) groups is 1. The first-order valence-corrected chi connectivity index (χ1v) is 5.29. The molecule has 4 nitrogen and oxygen atoms in total. The zero-order valence-corrected chi connectivity index (χ0v) is 10.5. The number of nitrogens with one attached hydrogen (secondary N) is 1. The van der Waals surface area contributed by atoms with E-state index in [1.165, 1.54) is 5.01 Å². The molecule has 0 atom stereocenters. The maximum atomic E-state index is 11.3. The molecule has 6 heteroatoms. The van der Waals surface area contributed by atoms with Crippen molar-refractivity contribution in [1.82, 2.24) is 10.4 Å². The first-order chi connectivity index (χ1) is 7.49. The van der Waals surface area contributed by atoms with E-state index in [1.54, 1.807) is 32.3 Å². The lowest BCUT2D eigenvalue weighted by Crippen LogP contribution is -2.39. The lowest BCUT2D eigenvalue weighted by Gasteiger charge is -2.12. The minimum atomic E-state index is -0.263. The minimum absolute atomic E-state index is 0.113. The minimum Gasteiger partial charge on any atom is -0.482 e. The smallest absolute Gasteiger partial charge is 0.272 e.